The van der Waals surface area contributed by atoms with Crippen LogP contribution in [0.3, 0.4) is 0 Å². The second kappa shape index (κ2) is 7.26. The van der Waals surface area contributed by atoms with Gasteiger partial charge in [-0.2, -0.15) is 13.2 Å². The first kappa shape index (κ1) is 20.1. The number of pyridine rings is 2. The fourth-order valence-corrected chi connectivity index (χ4v) is 5.33. The fourth-order valence-electron chi connectivity index (χ4n) is 5.33. The number of aromatic nitrogens is 5. The molecule has 0 saturated carbocycles. The maximum atomic E-state index is 13.5. The van der Waals surface area contributed by atoms with E-state index in [9.17, 15) is 13.2 Å². The van der Waals surface area contributed by atoms with Gasteiger partial charge >= 0.3 is 6.18 Å². The van der Waals surface area contributed by atoms with E-state index < -0.39 is 11.9 Å². The third kappa shape index (κ3) is 3.34. The number of hydrogen-bond donors (Lipinski definition) is 0. The number of anilines is 1. The zero-order valence-corrected chi connectivity index (χ0v) is 17.8. The predicted molar refractivity (Wildman–Crippen MR) is 117 cm³/mol. The van der Waals surface area contributed by atoms with Gasteiger partial charge in [-0.15, -0.1) is 0 Å². The minimum atomic E-state index is -4.56. The lowest BCUT2D eigenvalue weighted by Gasteiger charge is -2.39. The van der Waals surface area contributed by atoms with Crippen molar-refractivity contribution in [1.82, 2.24) is 24.3 Å². The van der Waals surface area contributed by atoms with Crippen molar-refractivity contribution in [3.63, 3.8) is 0 Å². The molecule has 6 rings (SSSR count). The molecule has 1 spiro atoms. The van der Waals surface area contributed by atoms with Gasteiger partial charge in [-0.25, -0.2) is 9.97 Å². The standard InChI is InChI=1S/C24H21F3N6/c25-24(26,27)20-17(4-2-8-29-20)21-31-15-19-22(30-9-12-33(19)21)32-10-5-23(6-11-32)13-16-3-1-7-28-18(16)14-23/h1-4,7-9,12,15H,5-6,10-11,13-14H2. The number of nitrogens with zero attached hydrogens (tertiary/aromatic N) is 6. The Kier molecular flexibility index (Phi) is 4.43. The van der Waals surface area contributed by atoms with E-state index in [0.29, 0.717) is 5.52 Å². The normalized spacial score (nSPS) is 17.6. The summed E-state index contributed by atoms with van der Waals surface area (Å²) in [6.07, 6.45) is 7.43. The highest BCUT2D eigenvalue weighted by Crippen LogP contribution is 2.45. The summed E-state index contributed by atoms with van der Waals surface area (Å²) in [5, 5.41) is 0. The van der Waals surface area contributed by atoms with Crippen LogP contribution in [0.25, 0.3) is 16.9 Å². The van der Waals surface area contributed by atoms with E-state index in [0.717, 1.165) is 50.8 Å². The van der Waals surface area contributed by atoms with Crippen LogP contribution in [0.4, 0.5) is 19.0 Å². The van der Waals surface area contributed by atoms with Gasteiger partial charge in [0.15, 0.2) is 11.5 Å². The summed E-state index contributed by atoms with van der Waals surface area (Å²) in [6.45, 7) is 1.67. The van der Waals surface area contributed by atoms with Crippen molar-refractivity contribution in [2.24, 2.45) is 5.41 Å². The summed E-state index contributed by atoms with van der Waals surface area (Å²) in [5.74, 6) is 0.956. The van der Waals surface area contributed by atoms with Crippen LogP contribution in [0.5, 0.6) is 0 Å². The van der Waals surface area contributed by atoms with E-state index in [-0.39, 0.29) is 16.8 Å². The van der Waals surface area contributed by atoms with Crippen molar-refractivity contribution in [2.75, 3.05) is 18.0 Å². The highest BCUT2D eigenvalue weighted by Gasteiger charge is 2.41. The molecule has 1 fully saturated rings. The third-order valence-corrected chi connectivity index (χ3v) is 6.97. The van der Waals surface area contributed by atoms with Crippen molar-refractivity contribution in [2.45, 2.75) is 31.9 Å². The quantitative estimate of drug-likeness (QED) is 0.447. The summed E-state index contributed by atoms with van der Waals surface area (Å²) in [6, 6.07) is 7.07. The Balaban J connectivity index is 1.30. The molecule has 0 unspecified atom stereocenters. The molecule has 0 bridgehead atoms. The second-order valence-electron chi connectivity index (χ2n) is 8.94. The minimum absolute atomic E-state index is 0.0454. The number of rotatable bonds is 2. The number of piperidine rings is 1. The second-order valence-corrected chi connectivity index (χ2v) is 8.94. The molecule has 5 heterocycles. The fraction of sp³-hybridized carbons (Fsp3) is 0.333. The first-order valence-corrected chi connectivity index (χ1v) is 11.0. The molecule has 4 aromatic rings. The number of halogens is 3. The Morgan fingerprint density at radius 3 is 2.45 bits per heavy atom. The summed E-state index contributed by atoms with van der Waals surface area (Å²) >= 11 is 0. The van der Waals surface area contributed by atoms with Crippen molar-refractivity contribution in [3.05, 3.63) is 72.2 Å². The van der Waals surface area contributed by atoms with Crippen molar-refractivity contribution >= 4 is 11.3 Å². The van der Waals surface area contributed by atoms with Gasteiger partial charge in [0, 0.05) is 49.1 Å². The molecule has 168 valence electrons. The first-order chi connectivity index (χ1) is 15.9. The molecule has 0 amide bonds. The number of hydrogen-bond acceptors (Lipinski definition) is 5. The molecule has 0 N–H and O–H groups in total. The van der Waals surface area contributed by atoms with Gasteiger partial charge in [-0.05, 0) is 54.9 Å². The van der Waals surface area contributed by atoms with Crippen molar-refractivity contribution < 1.29 is 13.2 Å². The first-order valence-electron chi connectivity index (χ1n) is 11.0. The Hall–Kier alpha value is -3.49. The van der Waals surface area contributed by atoms with E-state index in [1.165, 1.54) is 23.4 Å². The smallest absolute Gasteiger partial charge is 0.355 e. The third-order valence-electron chi connectivity index (χ3n) is 6.97. The lowest BCUT2D eigenvalue weighted by Crippen LogP contribution is -2.41. The van der Waals surface area contributed by atoms with Gasteiger partial charge in [0.1, 0.15) is 11.3 Å². The minimum Gasteiger partial charge on any atom is -0.355 e. The molecule has 6 nitrogen and oxygen atoms in total. The Bertz CT molecular complexity index is 1310. The van der Waals surface area contributed by atoms with E-state index in [4.69, 9.17) is 0 Å². The maximum absolute atomic E-state index is 13.5. The molecule has 0 aromatic carbocycles. The molecule has 1 aliphatic heterocycles. The van der Waals surface area contributed by atoms with Crippen molar-refractivity contribution in [1.29, 1.82) is 0 Å². The predicted octanol–water partition coefficient (Wildman–Crippen LogP) is 4.59. The number of alkyl halides is 3. The van der Waals surface area contributed by atoms with Crippen LogP contribution in [-0.2, 0) is 19.0 Å². The molecule has 4 aromatic heterocycles. The van der Waals surface area contributed by atoms with Crippen LogP contribution in [0.1, 0.15) is 29.8 Å². The molecule has 0 atom stereocenters. The van der Waals surface area contributed by atoms with E-state index in [1.54, 1.807) is 23.0 Å². The summed E-state index contributed by atoms with van der Waals surface area (Å²) < 4.78 is 42.3. The van der Waals surface area contributed by atoms with Crippen LogP contribution in [-0.4, -0.2) is 37.4 Å². The van der Waals surface area contributed by atoms with Crippen LogP contribution < -0.4 is 4.90 Å². The van der Waals surface area contributed by atoms with E-state index in [1.807, 2.05) is 12.3 Å². The lowest BCUT2D eigenvalue weighted by atomic mass is 9.76. The molecule has 9 heteroatoms. The van der Waals surface area contributed by atoms with Crippen LogP contribution in [0.2, 0.25) is 0 Å². The largest absolute Gasteiger partial charge is 0.434 e. The van der Waals surface area contributed by atoms with Gasteiger partial charge in [0.2, 0.25) is 0 Å². The summed E-state index contributed by atoms with van der Waals surface area (Å²) in [4.78, 5) is 19.3. The van der Waals surface area contributed by atoms with Gasteiger partial charge in [-0.1, -0.05) is 6.07 Å². The van der Waals surface area contributed by atoms with E-state index >= 15 is 0 Å². The number of fused-ring (bicyclic) bond motifs is 2. The molecule has 0 radical (unpaired) electrons. The Morgan fingerprint density at radius 2 is 1.67 bits per heavy atom. The molecule has 1 saturated heterocycles. The summed E-state index contributed by atoms with van der Waals surface area (Å²) in [7, 11) is 0. The van der Waals surface area contributed by atoms with Crippen LogP contribution >= 0.6 is 0 Å². The number of imidazole rings is 1. The SMILES string of the molecule is FC(F)(F)c1ncccc1-c1ncc2c(N3CCC4(CC3)Cc3cccnc3C4)nccn12. The molecular weight excluding hydrogens is 429 g/mol. The van der Waals surface area contributed by atoms with Crippen LogP contribution in [0.15, 0.2) is 55.2 Å². The molecule has 2 aliphatic rings. The monoisotopic (exact) mass is 450 g/mol. The van der Waals surface area contributed by atoms with Crippen LogP contribution in [0, 0.1) is 5.41 Å². The van der Waals surface area contributed by atoms with Gasteiger partial charge in [0.05, 0.1) is 6.20 Å². The highest BCUT2D eigenvalue weighted by molar-refractivity contribution is 5.74. The topological polar surface area (TPSA) is 59.2 Å². The van der Waals surface area contributed by atoms with Gasteiger partial charge in [0.25, 0.3) is 0 Å². The summed E-state index contributed by atoms with van der Waals surface area (Å²) in [5.41, 5.74) is 2.51. The van der Waals surface area contributed by atoms with E-state index in [2.05, 4.69) is 30.9 Å². The maximum Gasteiger partial charge on any atom is 0.434 e. The van der Waals surface area contributed by atoms with Gasteiger partial charge < -0.3 is 4.90 Å². The Labute approximate surface area is 188 Å². The average molecular weight is 450 g/mol. The zero-order valence-electron chi connectivity index (χ0n) is 17.8. The lowest BCUT2D eigenvalue weighted by molar-refractivity contribution is -0.140. The molecule has 1 aliphatic carbocycles. The average Bonchev–Trinajstić information content (AvgIpc) is 3.40. The van der Waals surface area contributed by atoms with Crippen molar-refractivity contribution in [3.8, 4) is 11.4 Å². The highest BCUT2D eigenvalue weighted by atomic mass is 19.4. The molecule has 33 heavy (non-hydrogen) atoms. The Morgan fingerprint density at radius 1 is 0.879 bits per heavy atom. The van der Waals surface area contributed by atoms with Gasteiger partial charge in [-0.3, -0.25) is 14.4 Å². The zero-order chi connectivity index (χ0) is 22.6. The molecular formula is C24H21F3N6.